The molecule has 1 rings (SSSR count). The maximum absolute atomic E-state index is 11.4. The average molecular weight is 152 g/mol. The third-order valence-corrected chi connectivity index (χ3v) is 2.53. The summed E-state index contributed by atoms with van der Waals surface area (Å²) in [4.78, 5) is 11.4. The average Bonchev–Trinajstić information content (AvgIpc) is 2.07. The van der Waals surface area contributed by atoms with E-state index in [1.807, 2.05) is 0 Å². The van der Waals surface area contributed by atoms with Crippen LogP contribution < -0.4 is 0 Å². The number of carbonyl (C=O) groups excluding carboxylic acids is 1. The number of Topliss-reactive ketones (excluding diaryl/α,β-unsaturated/α-hetero) is 1. The van der Waals surface area contributed by atoms with E-state index in [9.17, 15) is 4.79 Å². The molecule has 1 aliphatic carbocycles. The third-order valence-electron chi connectivity index (χ3n) is 2.53. The van der Waals surface area contributed by atoms with Crippen LogP contribution in [0.3, 0.4) is 0 Å². The highest BCUT2D eigenvalue weighted by molar-refractivity contribution is 5.99. The van der Waals surface area contributed by atoms with E-state index in [0.717, 1.165) is 12.0 Å². The Kier molecular flexibility index (Phi) is 2.17. The van der Waals surface area contributed by atoms with Crippen LogP contribution in [0.25, 0.3) is 0 Å². The summed E-state index contributed by atoms with van der Waals surface area (Å²) in [6.45, 7) is 8.40. The summed E-state index contributed by atoms with van der Waals surface area (Å²) in [5, 5.41) is 0. The fourth-order valence-corrected chi connectivity index (χ4v) is 1.80. The van der Waals surface area contributed by atoms with Gasteiger partial charge in [-0.15, -0.1) is 0 Å². The highest BCUT2D eigenvalue weighted by atomic mass is 16.1. The molecule has 0 bridgehead atoms. The van der Waals surface area contributed by atoms with E-state index in [0.29, 0.717) is 17.6 Å². The standard InChI is InChI=1S/C10H16O/c1-6(2)10-8(4)7(3)5-9(10)11/h6-7H,5H2,1-4H3. The highest BCUT2D eigenvalue weighted by Crippen LogP contribution is 2.32. The van der Waals surface area contributed by atoms with E-state index < -0.39 is 0 Å². The fraction of sp³-hybridized carbons (Fsp3) is 0.700. The molecule has 1 nitrogen and oxygen atoms in total. The van der Waals surface area contributed by atoms with Gasteiger partial charge in [0.15, 0.2) is 5.78 Å². The molecule has 0 heterocycles. The minimum absolute atomic E-state index is 0.366. The van der Waals surface area contributed by atoms with Crippen molar-refractivity contribution in [3.63, 3.8) is 0 Å². The van der Waals surface area contributed by atoms with Crippen LogP contribution in [-0.4, -0.2) is 5.78 Å². The van der Waals surface area contributed by atoms with Crippen molar-refractivity contribution in [3.05, 3.63) is 11.1 Å². The Labute approximate surface area is 68.5 Å². The first kappa shape index (κ1) is 8.51. The van der Waals surface area contributed by atoms with Crippen molar-refractivity contribution in [2.45, 2.75) is 34.1 Å². The van der Waals surface area contributed by atoms with Crippen molar-refractivity contribution in [2.75, 3.05) is 0 Å². The minimum Gasteiger partial charge on any atom is -0.295 e. The van der Waals surface area contributed by atoms with Gasteiger partial charge in [0.05, 0.1) is 0 Å². The van der Waals surface area contributed by atoms with Gasteiger partial charge in [-0.1, -0.05) is 26.3 Å². The third kappa shape index (κ3) is 1.37. The maximum atomic E-state index is 11.4. The van der Waals surface area contributed by atoms with Crippen LogP contribution in [0.5, 0.6) is 0 Å². The summed E-state index contributed by atoms with van der Waals surface area (Å²) >= 11 is 0. The van der Waals surface area contributed by atoms with Crippen LogP contribution in [0.2, 0.25) is 0 Å². The monoisotopic (exact) mass is 152 g/mol. The summed E-state index contributed by atoms with van der Waals surface area (Å²) in [5.74, 6) is 1.26. The van der Waals surface area contributed by atoms with Crippen LogP contribution >= 0.6 is 0 Å². The Hall–Kier alpha value is -0.590. The molecular weight excluding hydrogens is 136 g/mol. The van der Waals surface area contributed by atoms with E-state index in [2.05, 4.69) is 27.7 Å². The molecule has 0 aromatic heterocycles. The lowest BCUT2D eigenvalue weighted by molar-refractivity contribution is -0.115. The first-order valence-electron chi connectivity index (χ1n) is 4.28. The summed E-state index contributed by atoms with van der Waals surface area (Å²) in [6, 6.07) is 0. The second-order valence-electron chi connectivity index (χ2n) is 3.78. The number of hydrogen-bond acceptors (Lipinski definition) is 1. The van der Waals surface area contributed by atoms with Crippen molar-refractivity contribution in [2.24, 2.45) is 11.8 Å². The molecule has 62 valence electrons. The largest absolute Gasteiger partial charge is 0.295 e. The molecule has 11 heavy (non-hydrogen) atoms. The van der Waals surface area contributed by atoms with E-state index in [4.69, 9.17) is 0 Å². The Balaban J connectivity index is 2.97. The molecule has 1 aliphatic rings. The van der Waals surface area contributed by atoms with Gasteiger partial charge in [-0.05, 0) is 24.3 Å². The molecule has 1 unspecified atom stereocenters. The summed E-state index contributed by atoms with van der Waals surface area (Å²) in [6.07, 6.45) is 0.735. The van der Waals surface area contributed by atoms with E-state index in [1.165, 1.54) is 5.57 Å². The summed E-state index contributed by atoms with van der Waals surface area (Å²) < 4.78 is 0. The molecular formula is C10H16O. The molecule has 0 fully saturated rings. The normalized spacial score (nSPS) is 25.5. The van der Waals surface area contributed by atoms with Gasteiger partial charge in [-0.25, -0.2) is 0 Å². The molecule has 0 aliphatic heterocycles. The minimum atomic E-state index is 0.366. The molecule has 0 saturated heterocycles. The molecule has 0 N–H and O–H groups in total. The number of ketones is 1. The fourth-order valence-electron chi connectivity index (χ4n) is 1.80. The van der Waals surface area contributed by atoms with Gasteiger partial charge >= 0.3 is 0 Å². The van der Waals surface area contributed by atoms with Gasteiger partial charge in [0, 0.05) is 6.42 Å². The smallest absolute Gasteiger partial charge is 0.159 e. The molecule has 0 amide bonds. The lowest BCUT2D eigenvalue weighted by Gasteiger charge is -2.06. The Bertz CT molecular complexity index is 211. The molecule has 1 heteroatoms. The van der Waals surface area contributed by atoms with Crippen molar-refractivity contribution < 1.29 is 4.79 Å². The predicted molar refractivity (Wildman–Crippen MR) is 46.3 cm³/mol. The number of hydrogen-bond donors (Lipinski definition) is 0. The van der Waals surface area contributed by atoms with Gasteiger partial charge in [0.2, 0.25) is 0 Å². The Morgan fingerprint density at radius 3 is 2.18 bits per heavy atom. The van der Waals surface area contributed by atoms with Crippen LogP contribution in [0.1, 0.15) is 34.1 Å². The molecule has 0 aromatic rings. The SMILES string of the molecule is CC1=C(C(C)C)C(=O)CC1C. The molecule has 0 radical (unpaired) electrons. The van der Waals surface area contributed by atoms with Gasteiger partial charge in [0.25, 0.3) is 0 Å². The molecule has 1 atom stereocenters. The van der Waals surface area contributed by atoms with Gasteiger partial charge in [0.1, 0.15) is 0 Å². The highest BCUT2D eigenvalue weighted by Gasteiger charge is 2.27. The lowest BCUT2D eigenvalue weighted by atomic mass is 9.98. The van der Waals surface area contributed by atoms with Crippen LogP contribution in [-0.2, 0) is 4.79 Å². The zero-order valence-electron chi connectivity index (χ0n) is 7.77. The first-order chi connectivity index (χ1) is 5.04. The van der Waals surface area contributed by atoms with Gasteiger partial charge in [-0.2, -0.15) is 0 Å². The molecule has 0 aromatic carbocycles. The van der Waals surface area contributed by atoms with Crippen LogP contribution in [0.15, 0.2) is 11.1 Å². The quantitative estimate of drug-likeness (QED) is 0.564. The van der Waals surface area contributed by atoms with E-state index in [1.54, 1.807) is 0 Å². The maximum Gasteiger partial charge on any atom is 0.159 e. The zero-order chi connectivity index (χ0) is 8.59. The van der Waals surface area contributed by atoms with E-state index >= 15 is 0 Å². The van der Waals surface area contributed by atoms with Crippen LogP contribution in [0.4, 0.5) is 0 Å². The van der Waals surface area contributed by atoms with Crippen molar-refractivity contribution in [1.82, 2.24) is 0 Å². The zero-order valence-corrected chi connectivity index (χ0v) is 7.77. The van der Waals surface area contributed by atoms with Gasteiger partial charge in [-0.3, -0.25) is 4.79 Å². The Morgan fingerprint density at radius 1 is 1.45 bits per heavy atom. The Morgan fingerprint density at radius 2 is 2.00 bits per heavy atom. The second kappa shape index (κ2) is 2.80. The van der Waals surface area contributed by atoms with E-state index in [-0.39, 0.29) is 0 Å². The second-order valence-corrected chi connectivity index (χ2v) is 3.78. The van der Waals surface area contributed by atoms with Gasteiger partial charge < -0.3 is 0 Å². The lowest BCUT2D eigenvalue weighted by Crippen LogP contribution is -2.02. The number of carbonyl (C=O) groups is 1. The predicted octanol–water partition coefficient (Wildman–Crippen LogP) is 2.57. The summed E-state index contributed by atoms with van der Waals surface area (Å²) in [5.41, 5.74) is 2.39. The summed E-state index contributed by atoms with van der Waals surface area (Å²) in [7, 11) is 0. The topological polar surface area (TPSA) is 17.1 Å². The molecule has 0 spiro atoms. The molecule has 0 saturated carbocycles. The first-order valence-corrected chi connectivity index (χ1v) is 4.28. The number of rotatable bonds is 1. The van der Waals surface area contributed by atoms with Crippen molar-refractivity contribution >= 4 is 5.78 Å². The van der Waals surface area contributed by atoms with Crippen LogP contribution in [0, 0.1) is 11.8 Å². The number of allylic oxidation sites excluding steroid dienone is 2. The van der Waals surface area contributed by atoms with Crippen molar-refractivity contribution in [1.29, 1.82) is 0 Å². The van der Waals surface area contributed by atoms with Crippen molar-refractivity contribution in [3.8, 4) is 0 Å².